The molecule has 0 atom stereocenters. The first-order valence-electron chi connectivity index (χ1n) is 9.74. The quantitative estimate of drug-likeness (QED) is 0.409. The first kappa shape index (κ1) is 16.6. The third-order valence-electron chi connectivity index (χ3n) is 5.35. The Labute approximate surface area is 165 Å². The van der Waals surface area contributed by atoms with Crippen LogP contribution in [0.25, 0.3) is 33.6 Å². The number of nitrogens with two attached hydrogens (primary N) is 1. The molecule has 1 aliphatic carbocycles. The molecule has 0 saturated carbocycles. The molecule has 28 heavy (non-hydrogen) atoms. The van der Waals surface area contributed by atoms with E-state index in [-0.39, 0.29) is 0 Å². The molecule has 2 aromatic carbocycles. The molecule has 2 heterocycles. The minimum Gasteiger partial charge on any atom is -0.399 e. The lowest BCUT2D eigenvalue weighted by Crippen LogP contribution is -1.96. The minimum absolute atomic E-state index is 0.782. The molecule has 0 amide bonds. The number of aromatic nitrogens is 1. The maximum atomic E-state index is 5.92. The van der Waals surface area contributed by atoms with Crippen molar-refractivity contribution in [3.05, 3.63) is 103 Å². The van der Waals surface area contributed by atoms with Crippen molar-refractivity contribution in [1.82, 2.24) is 4.40 Å². The lowest BCUT2D eigenvalue weighted by molar-refractivity contribution is 1.04. The lowest BCUT2D eigenvalue weighted by atomic mass is 9.97. The predicted molar refractivity (Wildman–Crippen MR) is 119 cm³/mol. The van der Waals surface area contributed by atoms with E-state index in [9.17, 15) is 0 Å². The Balaban J connectivity index is 1.84. The summed E-state index contributed by atoms with van der Waals surface area (Å²) in [5, 5.41) is 0. The Bertz CT molecular complexity index is 1190. The van der Waals surface area contributed by atoms with E-state index in [1.807, 2.05) is 12.1 Å². The average Bonchev–Trinajstić information content (AvgIpc) is 3.15. The second-order valence-corrected chi connectivity index (χ2v) is 7.21. The van der Waals surface area contributed by atoms with Gasteiger partial charge in [-0.2, -0.15) is 0 Å². The fourth-order valence-electron chi connectivity index (χ4n) is 4.02. The van der Waals surface area contributed by atoms with Crippen molar-refractivity contribution in [2.75, 3.05) is 5.73 Å². The molecule has 0 fully saturated rings. The van der Waals surface area contributed by atoms with Gasteiger partial charge < -0.3 is 10.1 Å². The number of benzene rings is 2. The molecule has 0 aliphatic heterocycles. The van der Waals surface area contributed by atoms with Gasteiger partial charge in [0.05, 0.1) is 11.4 Å². The molecule has 0 saturated heterocycles. The summed E-state index contributed by atoms with van der Waals surface area (Å²) < 4.78 is 2.37. The Kier molecular flexibility index (Phi) is 4.10. The monoisotopic (exact) mass is 362 g/mol. The van der Waals surface area contributed by atoms with Gasteiger partial charge in [0.1, 0.15) is 0 Å². The zero-order valence-electron chi connectivity index (χ0n) is 15.7. The minimum atomic E-state index is 0.782. The summed E-state index contributed by atoms with van der Waals surface area (Å²) in [6, 6.07) is 27.6. The van der Waals surface area contributed by atoms with Crippen molar-refractivity contribution in [3.63, 3.8) is 0 Å². The van der Waals surface area contributed by atoms with Crippen molar-refractivity contribution in [1.29, 1.82) is 0 Å². The van der Waals surface area contributed by atoms with E-state index in [2.05, 4.69) is 89.4 Å². The van der Waals surface area contributed by atoms with Gasteiger partial charge in [-0.05, 0) is 59.9 Å². The first-order chi connectivity index (χ1) is 13.8. The van der Waals surface area contributed by atoms with Crippen LogP contribution in [-0.2, 0) is 0 Å². The number of hydrogen-bond acceptors (Lipinski definition) is 1. The van der Waals surface area contributed by atoms with Crippen LogP contribution in [-0.4, -0.2) is 4.40 Å². The van der Waals surface area contributed by atoms with Gasteiger partial charge in [-0.25, -0.2) is 0 Å². The van der Waals surface area contributed by atoms with Gasteiger partial charge in [-0.3, -0.25) is 0 Å². The Morgan fingerprint density at radius 1 is 0.750 bits per heavy atom. The number of rotatable bonds is 3. The summed E-state index contributed by atoms with van der Waals surface area (Å²) in [6.07, 6.45) is 9.09. The van der Waals surface area contributed by atoms with Crippen LogP contribution >= 0.6 is 0 Å². The highest BCUT2D eigenvalue weighted by atomic mass is 14.9. The number of nitrogens with zero attached hydrogens (tertiary/aromatic N) is 1. The molecule has 136 valence electrons. The highest BCUT2D eigenvalue weighted by molar-refractivity contribution is 5.90. The van der Waals surface area contributed by atoms with Crippen molar-refractivity contribution in [3.8, 4) is 22.5 Å². The summed E-state index contributed by atoms with van der Waals surface area (Å²) in [7, 11) is 0. The fourth-order valence-corrected chi connectivity index (χ4v) is 4.02. The standard InChI is InChI=1S/C26H22N2/c27-22-16-14-20(15-17-22)25-13-7-12-23-18-24(19-8-3-1-4-9-19)26(28(23)25)21-10-5-2-6-11-21/h2-3,5-18H,1,4,27H2. The second-order valence-electron chi connectivity index (χ2n) is 7.21. The van der Waals surface area contributed by atoms with Crippen molar-refractivity contribution in [2.24, 2.45) is 0 Å². The van der Waals surface area contributed by atoms with E-state index in [4.69, 9.17) is 5.73 Å². The molecular formula is C26H22N2. The Morgan fingerprint density at radius 3 is 2.32 bits per heavy atom. The molecule has 0 spiro atoms. The molecule has 5 rings (SSSR count). The molecule has 2 aromatic heterocycles. The molecule has 2 N–H and O–H groups in total. The van der Waals surface area contributed by atoms with Gasteiger partial charge in [0, 0.05) is 16.8 Å². The lowest BCUT2D eigenvalue weighted by Gasteiger charge is -2.14. The maximum absolute atomic E-state index is 5.92. The van der Waals surface area contributed by atoms with E-state index < -0.39 is 0 Å². The van der Waals surface area contributed by atoms with Crippen molar-refractivity contribution < 1.29 is 0 Å². The Morgan fingerprint density at radius 2 is 1.57 bits per heavy atom. The molecule has 4 aromatic rings. The van der Waals surface area contributed by atoms with Crippen LogP contribution in [0.15, 0.2) is 97.1 Å². The normalized spacial score (nSPS) is 13.6. The van der Waals surface area contributed by atoms with Crippen LogP contribution in [0.5, 0.6) is 0 Å². The zero-order chi connectivity index (χ0) is 18.9. The van der Waals surface area contributed by atoms with E-state index in [0.717, 1.165) is 24.1 Å². The van der Waals surface area contributed by atoms with Crippen LogP contribution in [0.1, 0.15) is 18.4 Å². The highest BCUT2D eigenvalue weighted by Crippen LogP contribution is 2.37. The Hall–Kier alpha value is -3.52. The van der Waals surface area contributed by atoms with Crippen LogP contribution in [0, 0.1) is 0 Å². The van der Waals surface area contributed by atoms with Gasteiger partial charge in [0.2, 0.25) is 0 Å². The number of fused-ring (bicyclic) bond motifs is 1. The summed E-state index contributed by atoms with van der Waals surface area (Å²) in [5.41, 5.74) is 15.3. The average molecular weight is 362 g/mol. The van der Waals surface area contributed by atoms with E-state index in [0.29, 0.717) is 0 Å². The van der Waals surface area contributed by atoms with Crippen LogP contribution in [0.3, 0.4) is 0 Å². The van der Waals surface area contributed by atoms with Gasteiger partial charge in [-0.1, -0.05) is 66.8 Å². The van der Waals surface area contributed by atoms with Crippen LogP contribution in [0.2, 0.25) is 0 Å². The van der Waals surface area contributed by atoms with Crippen molar-refractivity contribution >= 4 is 16.8 Å². The highest BCUT2D eigenvalue weighted by Gasteiger charge is 2.17. The number of allylic oxidation sites excluding steroid dienone is 4. The van der Waals surface area contributed by atoms with E-state index in [1.165, 1.54) is 33.6 Å². The molecule has 2 nitrogen and oxygen atoms in total. The fraction of sp³-hybridized carbons (Fsp3) is 0.0769. The third-order valence-corrected chi connectivity index (χ3v) is 5.35. The SMILES string of the molecule is Nc1ccc(-c2cccc3cc(C4=CCCC=C4)c(-c4ccccc4)n23)cc1. The van der Waals surface area contributed by atoms with Gasteiger partial charge in [0.25, 0.3) is 0 Å². The third kappa shape index (κ3) is 2.84. The molecule has 0 radical (unpaired) electrons. The van der Waals surface area contributed by atoms with Crippen LogP contribution in [0.4, 0.5) is 5.69 Å². The van der Waals surface area contributed by atoms with E-state index >= 15 is 0 Å². The van der Waals surface area contributed by atoms with Gasteiger partial charge in [-0.15, -0.1) is 0 Å². The largest absolute Gasteiger partial charge is 0.399 e. The maximum Gasteiger partial charge on any atom is 0.0613 e. The van der Waals surface area contributed by atoms with Crippen molar-refractivity contribution in [2.45, 2.75) is 12.8 Å². The molecule has 1 aliphatic rings. The van der Waals surface area contributed by atoms with Gasteiger partial charge in [0.15, 0.2) is 0 Å². The summed E-state index contributed by atoms with van der Waals surface area (Å²) >= 11 is 0. The molecular weight excluding hydrogens is 340 g/mol. The summed E-state index contributed by atoms with van der Waals surface area (Å²) in [6.45, 7) is 0. The molecule has 2 heteroatoms. The smallest absolute Gasteiger partial charge is 0.0613 e. The number of pyridine rings is 1. The molecule has 0 unspecified atom stereocenters. The number of anilines is 1. The van der Waals surface area contributed by atoms with Crippen LogP contribution < -0.4 is 5.73 Å². The summed E-state index contributed by atoms with van der Waals surface area (Å²) in [4.78, 5) is 0. The van der Waals surface area contributed by atoms with Gasteiger partial charge >= 0.3 is 0 Å². The number of nitrogen functional groups attached to an aromatic ring is 1. The first-order valence-corrected chi connectivity index (χ1v) is 9.74. The second kappa shape index (κ2) is 6.90. The topological polar surface area (TPSA) is 30.4 Å². The predicted octanol–water partition coefficient (Wildman–Crippen LogP) is 6.59. The molecule has 0 bridgehead atoms. The zero-order valence-corrected chi connectivity index (χ0v) is 15.7. The summed E-state index contributed by atoms with van der Waals surface area (Å²) in [5.74, 6) is 0. The number of hydrogen-bond donors (Lipinski definition) is 1. The van der Waals surface area contributed by atoms with E-state index in [1.54, 1.807) is 0 Å².